The summed E-state index contributed by atoms with van der Waals surface area (Å²) in [6, 6.07) is 0.380. The lowest BCUT2D eigenvalue weighted by atomic mass is 9.95. The van der Waals surface area contributed by atoms with E-state index in [0.29, 0.717) is 23.0 Å². The van der Waals surface area contributed by atoms with Crippen molar-refractivity contribution < 1.29 is 20.1 Å². The van der Waals surface area contributed by atoms with E-state index in [0.717, 1.165) is 12.8 Å². The Morgan fingerprint density at radius 3 is 2.64 bits per heavy atom. The second-order valence-corrected chi connectivity index (χ2v) is 6.75. The molecule has 25 heavy (non-hydrogen) atoms. The minimum absolute atomic E-state index is 0.370. The van der Waals surface area contributed by atoms with Gasteiger partial charge in [0.2, 0.25) is 0 Å². The molecule has 1 aliphatic carbocycles. The third kappa shape index (κ3) is 2.97. The van der Waals surface area contributed by atoms with Crippen molar-refractivity contribution in [1.82, 2.24) is 19.5 Å². The van der Waals surface area contributed by atoms with Crippen LogP contribution in [0.2, 0.25) is 0 Å². The van der Waals surface area contributed by atoms with E-state index in [1.165, 1.54) is 31.9 Å². The minimum Gasteiger partial charge on any atom is -0.394 e. The molecule has 9 nitrogen and oxygen atoms in total. The number of fused-ring (bicyclic) bond motifs is 1. The van der Waals surface area contributed by atoms with Crippen LogP contribution in [0.15, 0.2) is 12.7 Å². The van der Waals surface area contributed by atoms with E-state index in [9.17, 15) is 15.3 Å². The Morgan fingerprint density at radius 1 is 1.12 bits per heavy atom. The second-order valence-electron chi connectivity index (χ2n) is 6.75. The molecule has 0 unspecified atom stereocenters. The van der Waals surface area contributed by atoms with Crippen LogP contribution >= 0.6 is 0 Å². The van der Waals surface area contributed by atoms with Crippen molar-refractivity contribution in [1.29, 1.82) is 0 Å². The van der Waals surface area contributed by atoms with Gasteiger partial charge < -0.3 is 25.4 Å². The first kappa shape index (κ1) is 16.6. The number of aromatic nitrogens is 4. The molecule has 136 valence electrons. The first-order valence-corrected chi connectivity index (χ1v) is 8.75. The van der Waals surface area contributed by atoms with Gasteiger partial charge in [0.25, 0.3) is 0 Å². The van der Waals surface area contributed by atoms with Gasteiger partial charge in [0.05, 0.1) is 12.9 Å². The fourth-order valence-electron chi connectivity index (χ4n) is 3.69. The maximum atomic E-state index is 10.2. The van der Waals surface area contributed by atoms with Crippen molar-refractivity contribution in [2.45, 2.75) is 62.7 Å². The molecule has 0 bridgehead atoms. The standard InChI is InChI=1S/C16H23N5O4/c22-6-10-12(23)13(24)16(25-10)21-8-19-11-14(17-7-18-15(11)21)20-9-4-2-1-3-5-9/h7-10,12-13,16,22-24H,1-6H2,(H,17,18,20)/t10-,12-,13-,16+/m0/s1. The topological polar surface area (TPSA) is 126 Å². The Balaban J connectivity index is 1.62. The van der Waals surface area contributed by atoms with Gasteiger partial charge >= 0.3 is 0 Å². The Bertz CT molecular complexity index is 732. The zero-order valence-electron chi connectivity index (χ0n) is 13.8. The van der Waals surface area contributed by atoms with Crippen LogP contribution in [0.25, 0.3) is 11.2 Å². The van der Waals surface area contributed by atoms with Crippen LogP contribution < -0.4 is 5.32 Å². The number of hydrogen-bond acceptors (Lipinski definition) is 8. The van der Waals surface area contributed by atoms with Gasteiger partial charge in [0.15, 0.2) is 23.2 Å². The van der Waals surface area contributed by atoms with Crippen molar-refractivity contribution in [3.05, 3.63) is 12.7 Å². The predicted octanol–water partition coefficient (Wildman–Crippen LogP) is 0.182. The van der Waals surface area contributed by atoms with E-state index in [4.69, 9.17) is 4.74 Å². The summed E-state index contributed by atoms with van der Waals surface area (Å²) < 4.78 is 7.15. The van der Waals surface area contributed by atoms with Gasteiger partial charge in [-0.05, 0) is 12.8 Å². The molecule has 4 atom stereocenters. The van der Waals surface area contributed by atoms with Crippen molar-refractivity contribution in [3.8, 4) is 0 Å². The lowest BCUT2D eigenvalue weighted by Crippen LogP contribution is -2.33. The lowest BCUT2D eigenvalue weighted by Gasteiger charge is -2.23. The molecule has 2 aliphatic rings. The number of nitrogens with one attached hydrogen (secondary N) is 1. The van der Waals surface area contributed by atoms with E-state index in [-0.39, 0.29) is 6.61 Å². The SMILES string of the molecule is OC[C@@H]1O[C@@H](n2cnc3c(NC4CCCCC4)ncnc32)[C@@H](O)[C@H]1O. The van der Waals surface area contributed by atoms with Gasteiger partial charge in [-0.1, -0.05) is 19.3 Å². The number of nitrogens with zero attached hydrogens (tertiary/aromatic N) is 4. The number of imidazole rings is 1. The highest BCUT2D eigenvalue weighted by atomic mass is 16.6. The molecule has 3 heterocycles. The molecule has 1 saturated carbocycles. The molecular formula is C16H23N5O4. The van der Waals surface area contributed by atoms with Crippen molar-refractivity contribution in [2.75, 3.05) is 11.9 Å². The highest BCUT2D eigenvalue weighted by Gasteiger charge is 2.44. The quantitative estimate of drug-likeness (QED) is 0.616. The summed E-state index contributed by atoms with van der Waals surface area (Å²) in [7, 11) is 0. The highest BCUT2D eigenvalue weighted by molar-refractivity contribution is 5.82. The summed E-state index contributed by atoms with van der Waals surface area (Å²) in [5.74, 6) is 0.669. The molecule has 9 heteroatoms. The predicted molar refractivity (Wildman–Crippen MR) is 88.8 cm³/mol. The lowest BCUT2D eigenvalue weighted by molar-refractivity contribution is -0.0511. The van der Waals surface area contributed by atoms with E-state index in [2.05, 4.69) is 20.3 Å². The van der Waals surface area contributed by atoms with Gasteiger partial charge in [-0.15, -0.1) is 0 Å². The van der Waals surface area contributed by atoms with E-state index >= 15 is 0 Å². The third-order valence-electron chi connectivity index (χ3n) is 5.10. The molecule has 2 aromatic rings. The smallest absolute Gasteiger partial charge is 0.167 e. The molecule has 2 aromatic heterocycles. The molecule has 4 N–H and O–H groups in total. The average molecular weight is 349 g/mol. The van der Waals surface area contributed by atoms with Crippen molar-refractivity contribution in [2.24, 2.45) is 0 Å². The number of ether oxygens (including phenoxy) is 1. The van der Waals surface area contributed by atoms with Crippen LogP contribution in [0.1, 0.15) is 38.3 Å². The monoisotopic (exact) mass is 349 g/mol. The van der Waals surface area contributed by atoms with Crippen LogP contribution in [-0.4, -0.2) is 65.8 Å². The Labute approximate surface area is 144 Å². The summed E-state index contributed by atoms with van der Waals surface area (Å²) in [5.41, 5.74) is 1.12. The molecule has 1 saturated heterocycles. The van der Waals surface area contributed by atoms with Crippen LogP contribution in [0.3, 0.4) is 0 Å². The van der Waals surface area contributed by atoms with Gasteiger partial charge in [-0.3, -0.25) is 4.57 Å². The van der Waals surface area contributed by atoms with E-state index in [1.807, 2.05) is 0 Å². The number of anilines is 1. The summed E-state index contributed by atoms with van der Waals surface area (Å²) >= 11 is 0. The highest BCUT2D eigenvalue weighted by Crippen LogP contribution is 2.32. The molecule has 0 amide bonds. The summed E-state index contributed by atoms with van der Waals surface area (Å²) in [5, 5.41) is 32.9. The molecule has 1 aliphatic heterocycles. The Morgan fingerprint density at radius 2 is 1.92 bits per heavy atom. The number of rotatable bonds is 4. The molecular weight excluding hydrogens is 326 g/mol. The normalized spacial score (nSPS) is 30.8. The second kappa shape index (κ2) is 6.83. The first-order chi connectivity index (χ1) is 12.2. The van der Waals surface area contributed by atoms with Crippen LogP contribution in [0, 0.1) is 0 Å². The summed E-state index contributed by atoms with van der Waals surface area (Å²) in [6.07, 6.45) is 4.88. The zero-order valence-corrected chi connectivity index (χ0v) is 13.8. The maximum Gasteiger partial charge on any atom is 0.167 e. The van der Waals surface area contributed by atoms with Gasteiger partial charge in [-0.2, -0.15) is 0 Å². The largest absolute Gasteiger partial charge is 0.394 e. The third-order valence-corrected chi connectivity index (χ3v) is 5.10. The summed E-state index contributed by atoms with van der Waals surface area (Å²) in [6.45, 7) is -0.370. The van der Waals surface area contributed by atoms with Crippen LogP contribution in [0.5, 0.6) is 0 Å². The van der Waals surface area contributed by atoms with Crippen LogP contribution in [-0.2, 0) is 4.74 Å². The van der Waals surface area contributed by atoms with Gasteiger partial charge in [-0.25, -0.2) is 15.0 Å². The fourth-order valence-corrected chi connectivity index (χ4v) is 3.69. The van der Waals surface area contributed by atoms with Crippen LogP contribution in [0.4, 0.5) is 5.82 Å². The average Bonchev–Trinajstić information content (AvgIpc) is 3.18. The van der Waals surface area contributed by atoms with E-state index in [1.54, 1.807) is 4.57 Å². The molecule has 0 radical (unpaired) electrons. The minimum atomic E-state index is -1.17. The molecule has 2 fully saturated rings. The fraction of sp³-hybridized carbons (Fsp3) is 0.688. The van der Waals surface area contributed by atoms with Gasteiger partial charge in [0.1, 0.15) is 24.6 Å². The number of aliphatic hydroxyl groups excluding tert-OH is 3. The summed E-state index contributed by atoms with van der Waals surface area (Å²) in [4.78, 5) is 13.0. The number of hydrogen-bond donors (Lipinski definition) is 4. The Hall–Kier alpha value is -1.81. The Kier molecular flexibility index (Phi) is 4.55. The van der Waals surface area contributed by atoms with Gasteiger partial charge in [0, 0.05) is 6.04 Å². The number of aliphatic hydroxyl groups is 3. The maximum absolute atomic E-state index is 10.2. The molecule has 0 aromatic carbocycles. The first-order valence-electron chi connectivity index (χ1n) is 8.75. The zero-order chi connectivity index (χ0) is 17.4. The van der Waals surface area contributed by atoms with E-state index < -0.39 is 24.5 Å². The van der Waals surface area contributed by atoms with Crippen molar-refractivity contribution in [3.63, 3.8) is 0 Å². The van der Waals surface area contributed by atoms with Crippen molar-refractivity contribution >= 4 is 17.0 Å². The molecule has 0 spiro atoms. The molecule has 4 rings (SSSR count).